The third kappa shape index (κ3) is 1.31. The van der Waals surface area contributed by atoms with Gasteiger partial charge >= 0.3 is 0 Å². The number of hydroxylamine groups is 2. The number of hydrogen-bond donors (Lipinski definition) is 0. The highest BCUT2D eigenvalue weighted by Gasteiger charge is 2.24. The van der Waals surface area contributed by atoms with E-state index in [-0.39, 0.29) is 6.42 Å². The van der Waals surface area contributed by atoms with E-state index in [0.717, 1.165) is 11.3 Å². The van der Waals surface area contributed by atoms with Crippen LogP contribution in [0.4, 0.5) is 5.69 Å². The van der Waals surface area contributed by atoms with E-state index in [2.05, 4.69) is 0 Å². The first-order valence-electron chi connectivity index (χ1n) is 4.51. The molecule has 1 heterocycles. The van der Waals surface area contributed by atoms with Crippen LogP contribution in [0, 0.1) is 16.5 Å². The number of para-hydroxylation sites is 1. The molecule has 0 amide bonds. The van der Waals surface area contributed by atoms with E-state index in [4.69, 9.17) is 5.26 Å². The molecule has 1 atom stereocenters. The van der Waals surface area contributed by atoms with Gasteiger partial charge in [0.15, 0.2) is 0 Å². The Balaban J connectivity index is 2.34. The van der Waals surface area contributed by atoms with Crippen molar-refractivity contribution in [1.82, 2.24) is 4.65 Å². The van der Waals surface area contributed by atoms with E-state index < -0.39 is 4.65 Å². The van der Waals surface area contributed by atoms with E-state index in [1.165, 1.54) is 0 Å². The second-order valence-corrected chi connectivity index (χ2v) is 3.30. The number of nitriles is 1. The monoisotopic (exact) mass is 186 g/mol. The van der Waals surface area contributed by atoms with Crippen LogP contribution in [-0.2, 0) is 0 Å². The van der Waals surface area contributed by atoms with Crippen molar-refractivity contribution < 1.29 is 0 Å². The van der Waals surface area contributed by atoms with Gasteiger partial charge in [0.1, 0.15) is 18.4 Å². The van der Waals surface area contributed by atoms with Crippen molar-refractivity contribution in [3.63, 3.8) is 0 Å². The molecule has 3 heteroatoms. The van der Waals surface area contributed by atoms with Crippen LogP contribution >= 0.6 is 0 Å². The van der Waals surface area contributed by atoms with E-state index >= 15 is 0 Å². The third-order valence-corrected chi connectivity index (χ3v) is 2.40. The lowest BCUT2D eigenvalue weighted by Crippen LogP contribution is -2.36. The maximum Gasteiger partial charge on any atom is 0.144 e. The lowest BCUT2D eigenvalue weighted by atomic mass is 10.2. The second kappa shape index (κ2) is 3.26. The summed E-state index contributed by atoms with van der Waals surface area (Å²) in [7, 11) is 0. The average molecular weight is 186 g/mol. The quantitative estimate of drug-likeness (QED) is 0.526. The highest BCUT2D eigenvalue weighted by atomic mass is 16.5. The largest absolute Gasteiger partial charge is 0.622 e. The predicted octanol–water partition coefficient (Wildman–Crippen LogP) is 2.39. The Labute approximate surface area is 82.7 Å². The fourth-order valence-electron chi connectivity index (χ4n) is 1.67. The smallest absolute Gasteiger partial charge is 0.144 e. The zero-order valence-electron chi connectivity index (χ0n) is 7.68. The molecule has 0 aromatic heterocycles. The summed E-state index contributed by atoms with van der Waals surface area (Å²) in [5, 5.41) is 20.6. The zero-order valence-corrected chi connectivity index (χ0v) is 7.68. The minimum atomic E-state index is -0.496. The Morgan fingerprint density at radius 2 is 2.14 bits per heavy atom. The van der Waals surface area contributed by atoms with Gasteiger partial charge in [-0.2, -0.15) is 5.26 Å². The Morgan fingerprint density at radius 1 is 1.36 bits per heavy atom. The molecular formula is C11H10N2O. The van der Waals surface area contributed by atoms with Gasteiger partial charge in [-0.1, -0.05) is 12.1 Å². The summed E-state index contributed by atoms with van der Waals surface area (Å²) in [5.41, 5.74) is 1.70. The number of fused-ring (bicyclic) bond motifs is 1. The minimum Gasteiger partial charge on any atom is -0.622 e. The van der Waals surface area contributed by atoms with Crippen LogP contribution in [0.25, 0.3) is 6.08 Å². The highest BCUT2D eigenvalue weighted by Crippen LogP contribution is 2.34. The van der Waals surface area contributed by atoms with Crippen LogP contribution in [0.3, 0.4) is 0 Å². The SMILES string of the molecule is N#CCC[N+]1([O-])C=Cc2ccccc21. The molecule has 0 radical (unpaired) electrons. The minimum absolute atomic E-state index is 0.280. The second-order valence-electron chi connectivity index (χ2n) is 3.30. The first-order chi connectivity index (χ1) is 6.76. The van der Waals surface area contributed by atoms with E-state index in [9.17, 15) is 5.21 Å². The van der Waals surface area contributed by atoms with E-state index in [0.29, 0.717) is 6.54 Å². The van der Waals surface area contributed by atoms with Crippen molar-refractivity contribution >= 4 is 11.8 Å². The molecule has 2 rings (SSSR count). The first-order valence-corrected chi connectivity index (χ1v) is 4.51. The van der Waals surface area contributed by atoms with E-state index in [1.807, 2.05) is 36.4 Å². The van der Waals surface area contributed by atoms with Gasteiger partial charge in [0.05, 0.1) is 12.5 Å². The fourth-order valence-corrected chi connectivity index (χ4v) is 1.67. The van der Waals surface area contributed by atoms with Gasteiger partial charge in [0.2, 0.25) is 0 Å². The lowest BCUT2D eigenvalue weighted by Gasteiger charge is -2.35. The van der Waals surface area contributed by atoms with Crippen molar-refractivity contribution in [1.29, 1.82) is 5.26 Å². The summed E-state index contributed by atoms with van der Waals surface area (Å²) in [6.07, 6.45) is 3.70. The molecule has 1 unspecified atom stereocenters. The van der Waals surface area contributed by atoms with Gasteiger partial charge < -0.3 is 9.85 Å². The molecule has 0 bridgehead atoms. The summed E-state index contributed by atoms with van der Waals surface area (Å²) >= 11 is 0. The Bertz CT molecular complexity index is 420. The number of quaternary nitrogens is 1. The molecule has 14 heavy (non-hydrogen) atoms. The van der Waals surface area contributed by atoms with Crippen LogP contribution in [0.2, 0.25) is 0 Å². The molecule has 0 N–H and O–H groups in total. The topological polar surface area (TPSA) is 46.8 Å². The standard InChI is InChI=1S/C11H10N2O/c12-7-3-8-13(14)9-6-10-4-1-2-5-11(10)13/h1-2,4-6,9H,3,8H2. The lowest BCUT2D eigenvalue weighted by molar-refractivity contribution is 0.511. The average Bonchev–Trinajstić information content (AvgIpc) is 2.55. The summed E-state index contributed by atoms with van der Waals surface area (Å²) < 4.78 is -0.496. The molecule has 1 aromatic carbocycles. The van der Waals surface area contributed by atoms with Gasteiger partial charge in [-0.15, -0.1) is 0 Å². The maximum atomic E-state index is 12.2. The van der Waals surface area contributed by atoms with Gasteiger partial charge in [-0.25, -0.2) is 0 Å². The van der Waals surface area contributed by atoms with Crippen LogP contribution in [0.15, 0.2) is 30.5 Å². The number of rotatable bonds is 2. The van der Waals surface area contributed by atoms with Crippen LogP contribution < -0.4 is 4.65 Å². The predicted molar refractivity (Wildman–Crippen MR) is 55.7 cm³/mol. The van der Waals surface area contributed by atoms with Crippen LogP contribution in [0.5, 0.6) is 0 Å². The number of nitrogens with zero attached hydrogens (tertiary/aromatic N) is 2. The maximum absolute atomic E-state index is 12.2. The van der Waals surface area contributed by atoms with Gasteiger partial charge in [-0.3, -0.25) is 0 Å². The van der Waals surface area contributed by atoms with Crippen molar-refractivity contribution in [2.75, 3.05) is 6.54 Å². The summed E-state index contributed by atoms with van der Waals surface area (Å²) in [4.78, 5) is 0. The molecule has 70 valence electrons. The zero-order chi connectivity index (χ0) is 10.0. The van der Waals surface area contributed by atoms with Crippen molar-refractivity contribution in [3.8, 4) is 6.07 Å². The molecule has 1 aliphatic heterocycles. The van der Waals surface area contributed by atoms with Crippen molar-refractivity contribution in [3.05, 3.63) is 41.2 Å². The Hall–Kier alpha value is -1.63. The van der Waals surface area contributed by atoms with Gasteiger partial charge in [-0.05, 0) is 6.07 Å². The van der Waals surface area contributed by atoms with Gasteiger partial charge in [0, 0.05) is 17.7 Å². The fraction of sp³-hybridized carbons (Fsp3) is 0.182. The molecule has 0 saturated heterocycles. The first kappa shape index (κ1) is 8.95. The summed E-state index contributed by atoms with van der Waals surface area (Å²) in [6, 6.07) is 9.49. The normalized spacial score (nSPS) is 23.1. The molecular weight excluding hydrogens is 176 g/mol. The number of benzene rings is 1. The Kier molecular flexibility index (Phi) is 2.08. The van der Waals surface area contributed by atoms with Gasteiger partial charge in [0.25, 0.3) is 0 Å². The number of hydrogen-bond acceptors (Lipinski definition) is 2. The molecule has 0 fully saturated rings. The summed E-state index contributed by atoms with van der Waals surface area (Å²) in [6.45, 7) is 0.296. The Morgan fingerprint density at radius 3 is 2.93 bits per heavy atom. The summed E-state index contributed by atoms with van der Waals surface area (Å²) in [5.74, 6) is 0. The van der Waals surface area contributed by atoms with Crippen molar-refractivity contribution in [2.45, 2.75) is 6.42 Å². The van der Waals surface area contributed by atoms with E-state index in [1.54, 1.807) is 6.20 Å². The molecule has 0 aliphatic carbocycles. The highest BCUT2D eigenvalue weighted by molar-refractivity contribution is 5.73. The van der Waals surface area contributed by atoms with Crippen LogP contribution in [-0.4, -0.2) is 6.54 Å². The third-order valence-electron chi connectivity index (χ3n) is 2.40. The molecule has 1 aromatic rings. The van der Waals surface area contributed by atoms with Crippen LogP contribution in [0.1, 0.15) is 12.0 Å². The molecule has 1 aliphatic rings. The molecule has 0 spiro atoms. The van der Waals surface area contributed by atoms with Crippen molar-refractivity contribution in [2.24, 2.45) is 0 Å². The molecule has 3 nitrogen and oxygen atoms in total. The molecule has 0 saturated carbocycles.